The van der Waals surface area contributed by atoms with Crippen molar-refractivity contribution < 1.29 is 23.9 Å². The quantitative estimate of drug-likeness (QED) is 0.688. The molecule has 0 amide bonds. The Morgan fingerprint density at radius 1 is 0.926 bits per heavy atom. The van der Waals surface area contributed by atoms with E-state index in [0.717, 1.165) is 38.5 Å². The van der Waals surface area contributed by atoms with E-state index >= 15 is 0 Å². The molecule has 0 unspecified atom stereocenters. The predicted octanol–water partition coefficient (Wildman–Crippen LogP) is 3.68. The molecule has 0 saturated heterocycles. The van der Waals surface area contributed by atoms with Crippen molar-refractivity contribution >= 4 is 17.7 Å². The van der Waals surface area contributed by atoms with E-state index in [1.165, 1.54) is 13.8 Å². The van der Waals surface area contributed by atoms with Crippen molar-refractivity contribution in [2.75, 3.05) is 0 Å². The van der Waals surface area contributed by atoms with E-state index in [9.17, 15) is 14.4 Å². The minimum absolute atomic E-state index is 0.00785. The molecule has 5 heteroatoms. The first kappa shape index (κ1) is 18.9. The van der Waals surface area contributed by atoms with Crippen molar-refractivity contribution in [3.63, 3.8) is 0 Å². The number of ketones is 1. The summed E-state index contributed by atoms with van der Waals surface area (Å²) in [6.45, 7) is 5.23. The van der Waals surface area contributed by atoms with Crippen LogP contribution in [-0.2, 0) is 23.9 Å². The molecule has 8 atom stereocenters. The van der Waals surface area contributed by atoms with Gasteiger partial charge in [-0.2, -0.15) is 0 Å². The highest BCUT2D eigenvalue weighted by Gasteiger charge is 2.59. The summed E-state index contributed by atoms with van der Waals surface area (Å²) in [5.41, 5.74) is 0.0227. The standard InChI is InChI=1S/C22H32O5/c1-12(23)26-14-4-5-15-16-8-9-22(3)19(6-7-21(22)27-13(2)24)17(16)11-20(25)18(15)10-14/h14-19,21H,4-11H2,1-3H3/t14-,15+,16+,17+,18-,19-,21-,22-/m0/s1. The van der Waals surface area contributed by atoms with Crippen LogP contribution in [-0.4, -0.2) is 29.9 Å². The van der Waals surface area contributed by atoms with Gasteiger partial charge in [0.1, 0.15) is 18.0 Å². The van der Waals surface area contributed by atoms with Gasteiger partial charge in [0.2, 0.25) is 0 Å². The van der Waals surface area contributed by atoms with Crippen LogP contribution in [0.15, 0.2) is 0 Å². The number of carbonyl (C=O) groups is 3. The van der Waals surface area contributed by atoms with Gasteiger partial charge in [-0.3, -0.25) is 14.4 Å². The van der Waals surface area contributed by atoms with E-state index in [1.807, 2.05) is 0 Å². The lowest BCUT2D eigenvalue weighted by Crippen LogP contribution is -2.53. The van der Waals surface area contributed by atoms with Crippen molar-refractivity contribution in [1.82, 2.24) is 0 Å². The van der Waals surface area contributed by atoms with Crippen molar-refractivity contribution in [2.45, 2.75) is 84.3 Å². The van der Waals surface area contributed by atoms with E-state index in [2.05, 4.69) is 6.92 Å². The predicted molar refractivity (Wildman–Crippen MR) is 98.6 cm³/mol. The largest absolute Gasteiger partial charge is 0.463 e. The molecule has 4 fully saturated rings. The van der Waals surface area contributed by atoms with Gasteiger partial charge in [-0.05, 0) is 68.6 Å². The molecule has 4 aliphatic rings. The first-order valence-corrected chi connectivity index (χ1v) is 10.7. The Morgan fingerprint density at radius 3 is 2.37 bits per heavy atom. The van der Waals surface area contributed by atoms with E-state index in [0.29, 0.717) is 42.3 Å². The van der Waals surface area contributed by atoms with Crippen LogP contribution < -0.4 is 0 Å². The monoisotopic (exact) mass is 376 g/mol. The van der Waals surface area contributed by atoms with Crippen LogP contribution >= 0.6 is 0 Å². The maximum atomic E-state index is 13.0. The summed E-state index contributed by atoms with van der Waals surface area (Å²) in [4.78, 5) is 35.9. The second kappa shape index (κ2) is 6.89. The number of ether oxygens (including phenoxy) is 2. The van der Waals surface area contributed by atoms with Crippen LogP contribution in [0.4, 0.5) is 0 Å². The van der Waals surface area contributed by atoms with Crippen molar-refractivity contribution in [3.05, 3.63) is 0 Å². The maximum Gasteiger partial charge on any atom is 0.302 e. The molecular weight excluding hydrogens is 344 g/mol. The highest BCUT2D eigenvalue weighted by atomic mass is 16.5. The van der Waals surface area contributed by atoms with Crippen molar-refractivity contribution in [3.8, 4) is 0 Å². The van der Waals surface area contributed by atoms with Gasteiger partial charge < -0.3 is 9.47 Å². The van der Waals surface area contributed by atoms with Crippen LogP contribution in [0.1, 0.15) is 72.1 Å². The summed E-state index contributed by atoms with van der Waals surface area (Å²) in [5, 5.41) is 0. The van der Waals surface area contributed by atoms with E-state index in [-0.39, 0.29) is 35.5 Å². The summed E-state index contributed by atoms with van der Waals surface area (Å²) in [6, 6.07) is 0. The SMILES string of the molecule is CC(=O)O[C@H]1CC[C@@H]2[C@H]3CC[C@]4(C)[C@@H](OC(C)=O)CC[C@H]4[C@@H]3CC(=O)[C@H]2C1. The molecule has 0 spiro atoms. The molecule has 5 nitrogen and oxygen atoms in total. The number of Topliss-reactive ketones (excluding diaryl/α,β-unsaturated/α-hetero) is 1. The summed E-state index contributed by atoms with van der Waals surface area (Å²) in [5.74, 6) is 1.97. The first-order chi connectivity index (χ1) is 12.8. The fourth-order valence-corrected chi connectivity index (χ4v) is 7.25. The maximum absolute atomic E-state index is 13.0. The molecule has 0 aromatic carbocycles. The second-order valence-electron chi connectivity index (χ2n) is 9.64. The fourth-order valence-electron chi connectivity index (χ4n) is 7.25. The van der Waals surface area contributed by atoms with Gasteiger partial charge in [-0.25, -0.2) is 0 Å². The highest BCUT2D eigenvalue weighted by Crippen LogP contribution is 2.62. The zero-order valence-electron chi connectivity index (χ0n) is 16.7. The third kappa shape index (κ3) is 3.21. The molecule has 0 aromatic rings. The molecule has 0 heterocycles. The Hall–Kier alpha value is -1.39. The topological polar surface area (TPSA) is 69.7 Å². The smallest absolute Gasteiger partial charge is 0.302 e. The van der Waals surface area contributed by atoms with Gasteiger partial charge in [-0.15, -0.1) is 0 Å². The number of carbonyl (C=O) groups excluding carboxylic acids is 3. The zero-order chi connectivity index (χ0) is 19.3. The number of rotatable bonds is 2. The van der Waals surface area contributed by atoms with E-state index < -0.39 is 0 Å². The Morgan fingerprint density at radius 2 is 1.67 bits per heavy atom. The fraction of sp³-hybridized carbons (Fsp3) is 0.864. The molecule has 150 valence electrons. The molecule has 0 radical (unpaired) electrons. The Labute approximate surface area is 161 Å². The Bertz CT molecular complexity index is 643. The lowest BCUT2D eigenvalue weighted by molar-refractivity contribution is -0.163. The number of hydrogen-bond acceptors (Lipinski definition) is 5. The molecule has 0 N–H and O–H groups in total. The van der Waals surface area contributed by atoms with E-state index in [4.69, 9.17) is 9.47 Å². The number of fused-ring (bicyclic) bond motifs is 5. The van der Waals surface area contributed by atoms with Gasteiger partial charge in [0.25, 0.3) is 0 Å². The van der Waals surface area contributed by atoms with Gasteiger partial charge in [0.15, 0.2) is 0 Å². The van der Waals surface area contributed by atoms with Crippen LogP contribution in [0, 0.1) is 35.0 Å². The van der Waals surface area contributed by atoms with E-state index in [1.54, 1.807) is 0 Å². The Balaban J connectivity index is 1.51. The normalized spacial score (nSPS) is 46.0. The highest BCUT2D eigenvalue weighted by molar-refractivity contribution is 5.83. The minimum Gasteiger partial charge on any atom is -0.463 e. The van der Waals surface area contributed by atoms with Gasteiger partial charge >= 0.3 is 11.9 Å². The minimum atomic E-state index is -0.240. The lowest BCUT2D eigenvalue weighted by atomic mass is 9.50. The van der Waals surface area contributed by atoms with Crippen LogP contribution in [0.25, 0.3) is 0 Å². The zero-order valence-corrected chi connectivity index (χ0v) is 16.7. The number of esters is 2. The molecule has 4 saturated carbocycles. The van der Waals surface area contributed by atoms with Gasteiger partial charge in [0.05, 0.1) is 0 Å². The summed E-state index contributed by atoms with van der Waals surface area (Å²) < 4.78 is 11.1. The summed E-state index contributed by atoms with van der Waals surface area (Å²) in [6.07, 6.45) is 7.38. The Kier molecular flexibility index (Phi) is 4.84. The van der Waals surface area contributed by atoms with Gasteiger partial charge in [0, 0.05) is 31.6 Å². The average molecular weight is 376 g/mol. The van der Waals surface area contributed by atoms with Gasteiger partial charge in [-0.1, -0.05) is 6.92 Å². The molecule has 0 bridgehead atoms. The van der Waals surface area contributed by atoms with Crippen LogP contribution in [0.2, 0.25) is 0 Å². The third-order valence-electron chi connectivity index (χ3n) is 8.30. The molecule has 4 aliphatic carbocycles. The molecule has 0 aromatic heterocycles. The third-order valence-corrected chi connectivity index (χ3v) is 8.30. The second-order valence-corrected chi connectivity index (χ2v) is 9.64. The van der Waals surface area contributed by atoms with Crippen LogP contribution in [0.5, 0.6) is 0 Å². The first-order valence-electron chi connectivity index (χ1n) is 10.7. The number of hydrogen-bond donors (Lipinski definition) is 0. The van der Waals surface area contributed by atoms with Crippen LogP contribution in [0.3, 0.4) is 0 Å². The molecule has 27 heavy (non-hydrogen) atoms. The average Bonchev–Trinajstić information content (AvgIpc) is 2.91. The lowest BCUT2D eigenvalue weighted by Gasteiger charge is -2.55. The molecular formula is C22H32O5. The molecule has 4 rings (SSSR count). The van der Waals surface area contributed by atoms with Crippen molar-refractivity contribution in [2.24, 2.45) is 35.0 Å². The summed E-state index contributed by atoms with van der Waals surface area (Å²) in [7, 11) is 0. The molecule has 0 aliphatic heterocycles. The van der Waals surface area contributed by atoms with Crippen molar-refractivity contribution in [1.29, 1.82) is 0 Å². The summed E-state index contributed by atoms with van der Waals surface area (Å²) >= 11 is 0.